The minimum absolute atomic E-state index is 0.579. The van der Waals surface area contributed by atoms with Crippen LogP contribution in [-0.4, -0.2) is 17.6 Å². The monoisotopic (exact) mass is 256 g/mol. The predicted octanol–water partition coefficient (Wildman–Crippen LogP) is 2.77. The Bertz CT molecular complexity index is 274. The van der Waals surface area contributed by atoms with Crippen molar-refractivity contribution in [3.05, 3.63) is 28.5 Å². The summed E-state index contributed by atoms with van der Waals surface area (Å²) in [5.74, 6) is 0. The van der Waals surface area contributed by atoms with Crippen LogP contribution >= 0.6 is 15.9 Å². The predicted molar refractivity (Wildman–Crippen MR) is 63.4 cm³/mol. The van der Waals surface area contributed by atoms with Gasteiger partial charge in [0.1, 0.15) is 0 Å². The van der Waals surface area contributed by atoms with Crippen molar-refractivity contribution in [2.24, 2.45) is 0 Å². The smallest absolute Gasteiger partial charge is 0.0410 e. The zero-order chi connectivity index (χ0) is 10.4. The maximum Gasteiger partial charge on any atom is 0.0410 e. The lowest BCUT2D eigenvalue weighted by atomic mass is 10.1. The minimum Gasteiger partial charge on any atom is -0.315 e. The average molecular weight is 257 g/mol. The molecule has 0 saturated carbocycles. The second-order valence-electron chi connectivity index (χ2n) is 3.72. The van der Waals surface area contributed by atoms with Crippen LogP contribution in [0.25, 0.3) is 0 Å². The van der Waals surface area contributed by atoms with Crippen LogP contribution in [0.2, 0.25) is 0 Å². The van der Waals surface area contributed by atoms with Gasteiger partial charge in [-0.1, -0.05) is 13.8 Å². The number of hydrogen-bond acceptors (Lipinski definition) is 2. The Morgan fingerprint density at radius 2 is 2.21 bits per heavy atom. The van der Waals surface area contributed by atoms with Crippen LogP contribution in [0.3, 0.4) is 0 Å². The van der Waals surface area contributed by atoms with Crippen molar-refractivity contribution in [2.75, 3.05) is 6.54 Å². The molecule has 1 aromatic heterocycles. The van der Waals surface area contributed by atoms with Gasteiger partial charge in [0.25, 0.3) is 0 Å². The summed E-state index contributed by atoms with van der Waals surface area (Å²) in [5, 5.41) is 3.40. The largest absolute Gasteiger partial charge is 0.315 e. The summed E-state index contributed by atoms with van der Waals surface area (Å²) in [7, 11) is 0. The average Bonchev–Trinajstić information content (AvgIpc) is 2.12. The number of aryl methyl sites for hydroxylation is 1. The van der Waals surface area contributed by atoms with E-state index in [0.29, 0.717) is 6.04 Å². The number of hydrogen-bond donors (Lipinski definition) is 1. The SMILES string of the molecule is CC(C)NCCCc1cncc(Br)c1. The topological polar surface area (TPSA) is 24.9 Å². The number of aromatic nitrogens is 1. The van der Waals surface area contributed by atoms with Gasteiger partial charge < -0.3 is 5.32 Å². The summed E-state index contributed by atoms with van der Waals surface area (Å²) in [4.78, 5) is 4.13. The lowest BCUT2D eigenvalue weighted by Crippen LogP contribution is -2.23. The third-order valence-corrected chi connectivity index (χ3v) is 2.39. The van der Waals surface area contributed by atoms with Gasteiger partial charge in [0.05, 0.1) is 0 Å². The molecule has 2 nitrogen and oxygen atoms in total. The zero-order valence-electron chi connectivity index (χ0n) is 8.76. The molecule has 0 fully saturated rings. The minimum atomic E-state index is 0.579. The molecule has 0 atom stereocenters. The molecule has 1 heterocycles. The highest BCUT2D eigenvalue weighted by atomic mass is 79.9. The van der Waals surface area contributed by atoms with Crippen molar-refractivity contribution in [3.63, 3.8) is 0 Å². The van der Waals surface area contributed by atoms with Crippen LogP contribution in [0.4, 0.5) is 0 Å². The Hall–Kier alpha value is -0.410. The summed E-state index contributed by atoms with van der Waals surface area (Å²) in [6, 6.07) is 2.71. The lowest BCUT2D eigenvalue weighted by Gasteiger charge is -2.07. The number of pyridine rings is 1. The summed E-state index contributed by atoms with van der Waals surface area (Å²) in [6.07, 6.45) is 6.00. The molecule has 0 saturated heterocycles. The molecule has 0 aliphatic carbocycles. The van der Waals surface area contributed by atoms with Crippen molar-refractivity contribution in [3.8, 4) is 0 Å². The maximum absolute atomic E-state index is 4.13. The zero-order valence-corrected chi connectivity index (χ0v) is 10.3. The molecule has 14 heavy (non-hydrogen) atoms. The fraction of sp³-hybridized carbons (Fsp3) is 0.545. The Labute approximate surface area is 94.3 Å². The molecule has 1 N–H and O–H groups in total. The molecule has 0 bridgehead atoms. The molecule has 0 amide bonds. The van der Waals surface area contributed by atoms with Gasteiger partial charge in [-0.3, -0.25) is 4.98 Å². The Kier molecular flexibility index (Phi) is 5.12. The van der Waals surface area contributed by atoms with Gasteiger partial charge in [-0.2, -0.15) is 0 Å². The third kappa shape index (κ3) is 4.72. The van der Waals surface area contributed by atoms with Gasteiger partial charge in [-0.25, -0.2) is 0 Å². The Morgan fingerprint density at radius 3 is 2.86 bits per heavy atom. The van der Waals surface area contributed by atoms with Crippen molar-refractivity contribution >= 4 is 15.9 Å². The van der Waals surface area contributed by atoms with Gasteiger partial charge in [0.2, 0.25) is 0 Å². The fourth-order valence-corrected chi connectivity index (χ4v) is 1.69. The maximum atomic E-state index is 4.13. The van der Waals surface area contributed by atoms with Crippen LogP contribution in [0.5, 0.6) is 0 Å². The van der Waals surface area contributed by atoms with Gasteiger partial charge in [-0.05, 0) is 46.9 Å². The van der Waals surface area contributed by atoms with E-state index in [1.165, 1.54) is 5.56 Å². The molecule has 78 valence electrons. The second-order valence-corrected chi connectivity index (χ2v) is 4.64. The lowest BCUT2D eigenvalue weighted by molar-refractivity contribution is 0.570. The van der Waals surface area contributed by atoms with E-state index in [4.69, 9.17) is 0 Å². The molecule has 0 radical (unpaired) electrons. The molecule has 0 aliphatic rings. The number of halogens is 1. The first-order valence-electron chi connectivity index (χ1n) is 5.01. The quantitative estimate of drug-likeness (QED) is 0.820. The van der Waals surface area contributed by atoms with Gasteiger partial charge in [0, 0.05) is 22.9 Å². The standard InChI is InChI=1S/C11H17BrN2/c1-9(2)14-5-3-4-10-6-11(12)8-13-7-10/h6-9,14H,3-5H2,1-2H3. The molecular weight excluding hydrogens is 240 g/mol. The summed E-state index contributed by atoms with van der Waals surface area (Å²) in [6.45, 7) is 5.41. The fourth-order valence-electron chi connectivity index (χ4n) is 1.28. The molecule has 1 rings (SSSR count). The van der Waals surface area contributed by atoms with E-state index in [2.05, 4.69) is 46.1 Å². The molecule has 0 spiro atoms. The van der Waals surface area contributed by atoms with E-state index in [1.54, 1.807) is 0 Å². The second kappa shape index (κ2) is 6.14. The van der Waals surface area contributed by atoms with Crippen molar-refractivity contribution in [2.45, 2.75) is 32.7 Å². The summed E-state index contributed by atoms with van der Waals surface area (Å²) in [5.41, 5.74) is 1.30. The molecule has 0 aliphatic heterocycles. The van der Waals surface area contributed by atoms with Gasteiger partial charge in [-0.15, -0.1) is 0 Å². The van der Waals surface area contributed by atoms with Crippen molar-refractivity contribution in [1.29, 1.82) is 0 Å². The molecule has 0 unspecified atom stereocenters. The van der Waals surface area contributed by atoms with Gasteiger partial charge >= 0.3 is 0 Å². The molecule has 0 aromatic carbocycles. The van der Waals surface area contributed by atoms with Gasteiger partial charge in [0.15, 0.2) is 0 Å². The number of nitrogens with zero attached hydrogens (tertiary/aromatic N) is 1. The van der Waals surface area contributed by atoms with E-state index in [-0.39, 0.29) is 0 Å². The van der Waals surface area contributed by atoms with Crippen LogP contribution in [0, 0.1) is 0 Å². The van der Waals surface area contributed by atoms with E-state index in [0.717, 1.165) is 23.9 Å². The number of nitrogens with one attached hydrogen (secondary N) is 1. The van der Waals surface area contributed by atoms with E-state index < -0.39 is 0 Å². The van der Waals surface area contributed by atoms with Crippen molar-refractivity contribution in [1.82, 2.24) is 10.3 Å². The summed E-state index contributed by atoms with van der Waals surface area (Å²) < 4.78 is 1.06. The van der Waals surface area contributed by atoms with Crippen LogP contribution in [0.15, 0.2) is 22.9 Å². The van der Waals surface area contributed by atoms with Crippen LogP contribution in [-0.2, 0) is 6.42 Å². The molecule has 3 heteroatoms. The first kappa shape index (κ1) is 11.7. The van der Waals surface area contributed by atoms with Crippen LogP contribution in [0.1, 0.15) is 25.8 Å². The third-order valence-electron chi connectivity index (χ3n) is 1.96. The Balaban J connectivity index is 2.25. The molecule has 1 aromatic rings. The van der Waals surface area contributed by atoms with E-state index in [9.17, 15) is 0 Å². The molecular formula is C11H17BrN2. The number of rotatable bonds is 5. The highest BCUT2D eigenvalue weighted by Crippen LogP contribution is 2.10. The normalized spacial score (nSPS) is 10.9. The first-order valence-corrected chi connectivity index (χ1v) is 5.80. The van der Waals surface area contributed by atoms with E-state index in [1.807, 2.05) is 12.4 Å². The summed E-state index contributed by atoms with van der Waals surface area (Å²) >= 11 is 3.42. The first-order chi connectivity index (χ1) is 6.68. The van der Waals surface area contributed by atoms with Crippen LogP contribution < -0.4 is 5.32 Å². The van der Waals surface area contributed by atoms with Crippen molar-refractivity contribution < 1.29 is 0 Å². The Morgan fingerprint density at radius 1 is 1.43 bits per heavy atom. The highest BCUT2D eigenvalue weighted by molar-refractivity contribution is 9.10. The highest BCUT2D eigenvalue weighted by Gasteiger charge is 1.96. The van der Waals surface area contributed by atoms with E-state index >= 15 is 0 Å².